The van der Waals surface area contributed by atoms with Crippen molar-refractivity contribution in [2.45, 2.75) is 6.92 Å². The Labute approximate surface area is 131 Å². The number of nitrogens with two attached hydrogens (primary N) is 1. The zero-order valence-electron chi connectivity index (χ0n) is 12.7. The number of hydrogen-bond donors (Lipinski definition) is 1. The molecule has 0 aliphatic carbocycles. The summed E-state index contributed by atoms with van der Waals surface area (Å²) in [6, 6.07) is 16.1. The van der Waals surface area contributed by atoms with Crippen molar-refractivity contribution in [3.8, 4) is 11.5 Å². The second kappa shape index (κ2) is 6.50. The minimum absolute atomic E-state index is 0.548. The molecule has 0 fully saturated rings. The van der Waals surface area contributed by atoms with Crippen molar-refractivity contribution in [2.24, 2.45) is 5.73 Å². The number of rotatable bonds is 4. The van der Waals surface area contributed by atoms with Crippen molar-refractivity contribution in [2.75, 3.05) is 18.0 Å². The second-order valence-electron chi connectivity index (χ2n) is 5.33. The van der Waals surface area contributed by atoms with E-state index < -0.39 is 0 Å². The van der Waals surface area contributed by atoms with E-state index in [1.807, 2.05) is 43.3 Å². The number of nitrogens with zero attached hydrogens (tertiary/aromatic N) is 1. The van der Waals surface area contributed by atoms with E-state index in [-0.39, 0.29) is 0 Å². The third-order valence-electron chi connectivity index (χ3n) is 3.66. The summed E-state index contributed by atoms with van der Waals surface area (Å²) in [5.74, 6) is 1.72. The molecule has 0 aromatic heterocycles. The van der Waals surface area contributed by atoms with E-state index in [1.54, 1.807) is 0 Å². The molecule has 0 saturated carbocycles. The molecule has 0 saturated heterocycles. The maximum absolute atomic E-state index is 6.00. The van der Waals surface area contributed by atoms with E-state index in [2.05, 4.69) is 35.4 Å². The largest absolute Gasteiger partial charge is 0.457 e. The molecule has 0 spiro atoms. The van der Waals surface area contributed by atoms with Crippen LogP contribution in [-0.4, -0.2) is 13.1 Å². The molecule has 1 aliphatic rings. The molecular weight excluding hydrogens is 272 g/mol. The molecule has 2 aromatic carbocycles. The normalized spacial score (nSPS) is 13.9. The van der Waals surface area contributed by atoms with Gasteiger partial charge in [0.25, 0.3) is 0 Å². The van der Waals surface area contributed by atoms with Crippen LogP contribution in [0.1, 0.15) is 5.56 Å². The molecule has 2 N–H and O–H groups in total. The molecule has 2 aromatic rings. The first-order valence-corrected chi connectivity index (χ1v) is 7.44. The average Bonchev–Trinajstić information content (AvgIpc) is 2.57. The van der Waals surface area contributed by atoms with Gasteiger partial charge in [-0.15, -0.1) is 0 Å². The van der Waals surface area contributed by atoms with Gasteiger partial charge in [-0.3, -0.25) is 0 Å². The van der Waals surface area contributed by atoms with Crippen LogP contribution in [-0.2, 0) is 0 Å². The van der Waals surface area contributed by atoms with Crippen LogP contribution in [0.5, 0.6) is 11.5 Å². The van der Waals surface area contributed by atoms with Crippen molar-refractivity contribution >= 4 is 5.69 Å². The number of ether oxygens (including phenoxy) is 1. The van der Waals surface area contributed by atoms with Crippen LogP contribution in [0.15, 0.2) is 72.5 Å². The fourth-order valence-electron chi connectivity index (χ4n) is 2.44. The van der Waals surface area contributed by atoms with Crippen LogP contribution in [0, 0.1) is 6.92 Å². The Morgan fingerprint density at radius 3 is 2.82 bits per heavy atom. The maximum atomic E-state index is 6.00. The van der Waals surface area contributed by atoms with Crippen molar-refractivity contribution < 1.29 is 4.74 Å². The van der Waals surface area contributed by atoms with Crippen molar-refractivity contribution in [1.29, 1.82) is 0 Å². The van der Waals surface area contributed by atoms with E-state index >= 15 is 0 Å². The fraction of sp³-hybridized carbons (Fsp3) is 0.158. The van der Waals surface area contributed by atoms with Gasteiger partial charge in [-0.2, -0.15) is 0 Å². The molecule has 0 unspecified atom stereocenters. The molecule has 0 radical (unpaired) electrons. The molecule has 112 valence electrons. The summed E-state index contributed by atoms with van der Waals surface area (Å²) in [5.41, 5.74) is 9.07. The fourth-order valence-corrected chi connectivity index (χ4v) is 2.44. The monoisotopic (exact) mass is 292 g/mol. The van der Waals surface area contributed by atoms with Gasteiger partial charge in [0.15, 0.2) is 0 Å². The summed E-state index contributed by atoms with van der Waals surface area (Å²) in [5, 5.41) is 0. The van der Waals surface area contributed by atoms with Crippen molar-refractivity contribution in [1.82, 2.24) is 0 Å². The van der Waals surface area contributed by atoms with Crippen LogP contribution in [0.25, 0.3) is 0 Å². The summed E-state index contributed by atoms with van der Waals surface area (Å²) in [7, 11) is 0. The van der Waals surface area contributed by atoms with E-state index in [1.165, 1.54) is 0 Å². The Bertz CT molecular complexity index is 719. The highest BCUT2D eigenvalue weighted by atomic mass is 16.5. The minimum Gasteiger partial charge on any atom is -0.457 e. The lowest BCUT2D eigenvalue weighted by Gasteiger charge is -2.23. The lowest BCUT2D eigenvalue weighted by Crippen LogP contribution is -2.21. The third-order valence-corrected chi connectivity index (χ3v) is 3.66. The minimum atomic E-state index is 0.548. The molecule has 3 rings (SSSR count). The molecule has 0 amide bonds. The van der Waals surface area contributed by atoms with Crippen LogP contribution in [0.3, 0.4) is 0 Å². The van der Waals surface area contributed by atoms with Gasteiger partial charge in [0, 0.05) is 31.0 Å². The quantitative estimate of drug-likeness (QED) is 0.925. The first kappa shape index (κ1) is 14.4. The van der Waals surface area contributed by atoms with Gasteiger partial charge in [-0.1, -0.05) is 36.4 Å². The lowest BCUT2D eigenvalue weighted by atomic mass is 10.2. The first-order valence-electron chi connectivity index (χ1n) is 7.44. The number of aryl methyl sites for hydroxylation is 1. The van der Waals surface area contributed by atoms with E-state index in [0.717, 1.165) is 34.9 Å². The molecule has 0 atom stereocenters. The Hall–Kier alpha value is -2.52. The third kappa shape index (κ3) is 3.21. The van der Waals surface area contributed by atoms with Gasteiger partial charge in [0.1, 0.15) is 11.5 Å². The number of para-hydroxylation sites is 1. The molecular formula is C19H20N2O. The Morgan fingerprint density at radius 1 is 1.14 bits per heavy atom. The zero-order chi connectivity index (χ0) is 15.4. The predicted octanol–water partition coefficient (Wildman–Crippen LogP) is 4.01. The van der Waals surface area contributed by atoms with Gasteiger partial charge in [0.2, 0.25) is 0 Å². The smallest absolute Gasteiger partial charge is 0.130 e. The van der Waals surface area contributed by atoms with E-state index in [9.17, 15) is 0 Å². The summed E-state index contributed by atoms with van der Waals surface area (Å²) in [4.78, 5) is 2.17. The number of anilines is 1. The zero-order valence-corrected chi connectivity index (χ0v) is 12.7. The van der Waals surface area contributed by atoms with Crippen molar-refractivity contribution in [3.05, 3.63) is 78.0 Å². The Morgan fingerprint density at radius 2 is 2.00 bits per heavy atom. The van der Waals surface area contributed by atoms with Crippen LogP contribution in [0.2, 0.25) is 0 Å². The van der Waals surface area contributed by atoms with Crippen molar-refractivity contribution in [3.63, 3.8) is 0 Å². The highest BCUT2D eigenvalue weighted by Crippen LogP contribution is 2.28. The van der Waals surface area contributed by atoms with Gasteiger partial charge in [-0.05, 0) is 36.3 Å². The predicted molar refractivity (Wildman–Crippen MR) is 91.3 cm³/mol. The van der Waals surface area contributed by atoms with Gasteiger partial charge in [0.05, 0.1) is 0 Å². The highest BCUT2D eigenvalue weighted by molar-refractivity contribution is 5.56. The van der Waals surface area contributed by atoms with Gasteiger partial charge >= 0.3 is 0 Å². The molecule has 3 heteroatoms. The number of benzene rings is 2. The molecule has 1 aliphatic heterocycles. The van der Waals surface area contributed by atoms with Crippen LogP contribution < -0.4 is 15.4 Å². The molecule has 0 bridgehead atoms. The van der Waals surface area contributed by atoms with E-state index in [4.69, 9.17) is 10.5 Å². The lowest BCUT2D eigenvalue weighted by molar-refractivity contribution is 0.479. The summed E-state index contributed by atoms with van der Waals surface area (Å²) in [6.07, 6.45) is 6.29. The molecule has 1 heterocycles. The molecule has 22 heavy (non-hydrogen) atoms. The van der Waals surface area contributed by atoms with E-state index in [0.29, 0.717) is 6.54 Å². The van der Waals surface area contributed by atoms with Crippen LogP contribution >= 0.6 is 0 Å². The first-order chi connectivity index (χ1) is 10.8. The maximum Gasteiger partial charge on any atom is 0.130 e. The molecule has 3 nitrogen and oxygen atoms in total. The van der Waals surface area contributed by atoms with Gasteiger partial charge < -0.3 is 15.4 Å². The standard InChI is InChI=1S/C19H20N2O/c1-15-6-2-3-10-19(15)22-18-9-4-8-17(12-18)21-11-5-7-16(13-20)14-21/h2-10,12,14H,11,13,20H2,1H3. The van der Waals surface area contributed by atoms with Gasteiger partial charge in [-0.25, -0.2) is 0 Å². The highest BCUT2D eigenvalue weighted by Gasteiger charge is 2.08. The second-order valence-corrected chi connectivity index (χ2v) is 5.33. The average molecular weight is 292 g/mol. The number of hydrogen-bond acceptors (Lipinski definition) is 3. The Kier molecular flexibility index (Phi) is 4.26. The Balaban J connectivity index is 1.83. The summed E-state index contributed by atoms with van der Waals surface area (Å²) < 4.78 is 6.00. The SMILES string of the molecule is Cc1ccccc1Oc1cccc(N2C=C(CN)C=CC2)c1. The summed E-state index contributed by atoms with van der Waals surface area (Å²) >= 11 is 0. The summed E-state index contributed by atoms with van der Waals surface area (Å²) in [6.45, 7) is 3.44. The topological polar surface area (TPSA) is 38.5 Å². The van der Waals surface area contributed by atoms with Crippen LogP contribution in [0.4, 0.5) is 5.69 Å².